The third-order valence-electron chi connectivity index (χ3n) is 3.21. The number of hydrogen-bond donors (Lipinski definition) is 2. The van der Waals surface area contributed by atoms with Crippen LogP contribution in [0.15, 0.2) is 24.4 Å². The number of hydrogen-bond acceptors (Lipinski definition) is 2. The second-order valence-electron chi connectivity index (χ2n) is 4.82. The van der Waals surface area contributed by atoms with Crippen LogP contribution in [-0.2, 0) is 16.4 Å². The predicted octanol–water partition coefficient (Wildman–Crippen LogP) is 3.08. The van der Waals surface area contributed by atoms with Gasteiger partial charge in [0.1, 0.15) is 0 Å². The fraction of sp³-hybridized carbons (Fsp3) is 0.429. The summed E-state index contributed by atoms with van der Waals surface area (Å²) in [7, 11) is -3.14. The number of aromatic nitrogens is 1. The minimum atomic E-state index is -3.14. The highest BCUT2D eigenvalue weighted by molar-refractivity contribution is 7.89. The van der Waals surface area contributed by atoms with E-state index in [9.17, 15) is 8.42 Å². The lowest BCUT2D eigenvalue weighted by atomic mass is 10.1. The molecule has 0 amide bonds. The molecule has 0 fully saturated rings. The van der Waals surface area contributed by atoms with Gasteiger partial charge in [0.25, 0.3) is 0 Å². The zero-order valence-electron chi connectivity index (χ0n) is 11.4. The second-order valence-corrected chi connectivity index (χ2v) is 7.18. The van der Waals surface area contributed by atoms with Gasteiger partial charge in [-0.3, -0.25) is 0 Å². The molecule has 2 rings (SSSR count). The second kappa shape index (κ2) is 6.61. The Labute approximate surface area is 124 Å². The summed E-state index contributed by atoms with van der Waals surface area (Å²) in [5, 5.41) is 1.73. The summed E-state index contributed by atoms with van der Waals surface area (Å²) in [5.74, 6) is 0.198. The molecule has 0 saturated heterocycles. The van der Waals surface area contributed by atoms with Crippen LogP contribution in [-0.4, -0.2) is 25.7 Å². The summed E-state index contributed by atoms with van der Waals surface area (Å²) >= 11 is 5.99. The molecule has 0 saturated carbocycles. The van der Waals surface area contributed by atoms with Crippen molar-refractivity contribution in [3.63, 3.8) is 0 Å². The summed E-state index contributed by atoms with van der Waals surface area (Å²) in [6, 6.07) is 5.65. The first-order valence-electron chi connectivity index (χ1n) is 6.74. The number of nitrogens with one attached hydrogen (secondary N) is 2. The summed E-state index contributed by atoms with van der Waals surface area (Å²) in [4.78, 5) is 3.16. The third kappa shape index (κ3) is 3.98. The number of aromatic amines is 1. The lowest BCUT2D eigenvalue weighted by Crippen LogP contribution is -2.28. The zero-order chi connectivity index (χ0) is 14.6. The van der Waals surface area contributed by atoms with Crippen molar-refractivity contribution in [1.82, 2.24) is 9.71 Å². The molecule has 0 unspecified atom stereocenters. The van der Waals surface area contributed by atoms with Crippen molar-refractivity contribution in [3.05, 3.63) is 35.0 Å². The number of H-pyrrole nitrogens is 1. The lowest BCUT2D eigenvalue weighted by Gasteiger charge is -2.05. The number of halogens is 1. The van der Waals surface area contributed by atoms with E-state index in [0.29, 0.717) is 24.4 Å². The van der Waals surface area contributed by atoms with Crippen LogP contribution in [0.25, 0.3) is 10.9 Å². The van der Waals surface area contributed by atoms with Gasteiger partial charge in [0.15, 0.2) is 0 Å². The Hall–Kier alpha value is -1.04. The van der Waals surface area contributed by atoms with E-state index in [0.717, 1.165) is 22.9 Å². The maximum Gasteiger partial charge on any atom is 0.211 e. The SMILES string of the molecule is CCCCS(=O)(=O)NCCc1c[nH]c2ccc(Cl)cc12. The van der Waals surface area contributed by atoms with Gasteiger partial charge < -0.3 is 4.98 Å². The van der Waals surface area contributed by atoms with E-state index in [2.05, 4.69) is 9.71 Å². The first kappa shape index (κ1) is 15.4. The van der Waals surface area contributed by atoms with E-state index in [1.54, 1.807) is 0 Å². The first-order valence-corrected chi connectivity index (χ1v) is 8.77. The van der Waals surface area contributed by atoms with Crippen LogP contribution in [0, 0.1) is 0 Å². The monoisotopic (exact) mass is 314 g/mol. The molecule has 0 aliphatic carbocycles. The molecule has 2 N–H and O–H groups in total. The molecule has 2 aromatic rings. The predicted molar refractivity (Wildman–Crippen MR) is 83.7 cm³/mol. The summed E-state index contributed by atoms with van der Waals surface area (Å²) in [6.07, 6.45) is 4.12. The van der Waals surface area contributed by atoms with Gasteiger partial charge in [-0.25, -0.2) is 13.1 Å². The van der Waals surface area contributed by atoms with Crippen LogP contribution < -0.4 is 4.72 Å². The molecule has 6 heteroatoms. The van der Waals surface area contributed by atoms with Crippen LogP contribution in [0.1, 0.15) is 25.3 Å². The van der Waals surface area contributed by atoms with Gasteiger partial charge in [0, 0.05) is 28.7 Å². The molecule has 0 spiro atoms. The highest BCUT2D eigenvalue weighted by Crippen LogP contribution is 2.22. The minimum Gasteiger partial charge on any atom is -0.361 e. The third-order valence-corrected chi connectivity index (χ3v) is 4.92. The van der Waals surface area contributed by atoms with E-state index in [1.165, 1.54) is 0 Å². The van der Waals surface area contributed by atoms with Crippen molar-refractivity contribution in [1.29, 1.82) is 0 Å². The fourth-order valence-corrected chi connectivity index (χ4v) is 3.50. The zero-order valence-corrected chi connectivity index (χ0v) is 13.0. The van der Waals surface area contributed by atoms with Crippen molar-refractivity contribution in [3.8, 4) is 0 Å². The molecule has 0 bridgehead atoms. The molecule has 1 heterocycles. The smallest absolute Gasteiger partial charge is 0.211 e. The van der Waals surface area contributed by atoms with Gasteiger partial charge >= 0.3 is 0 Å². The standard InChI is InChI=1S/C14H19ClN2O2S/c1-2-3-8-20(18,19)17-7-6-11-10-16-14-5-4-12(15)9-13(11)14/h4-5,9-10,16-17H,2-3,6-8H2,1H3. The van der Waals surface area contributed by atoms with Gasteiger partial charge in [-0.15, -0.1) is 0 Å². The number of fused-ring (bicyclic) bond motifs is 1. The lowest BCUT2D eigenvalue weighted by molar-refractivity contribution is 0.578. The molecule has 0 radical (unpaired) electrons. The Morgan fingerprint density at radius 1 is 1.35 bits per heavy atom. The highest BCUT2D eigenvalue weighted by atomic mass is 35.5. The molecule has 4 nitrogen and oxygen atoms in total. The Morgan fingerprint density at radius 2 is 2.15 bits per heavy atom. The highest BCUT2D eigenvalue weighted by Gasteiger charge is 2.10. The molecular formula is C14H19ClN2O2S. The molecule has 0 aliphatic rings. The van der Waals surface area contributed by atoms with Crippen LogP contribution in [0.2, 0.25) is 5.02 Å². The number of unbranched alkanes of at least 4 members (excludes halogenated alkanes) is 1. The number of sulfonamides is 1. The van der Waals surface area contributed by atoms with Crippen LogP contribution in [0.4, 0.5) is 0 Å². The summed E-state index contributed by atoms with van der Waals surface area (Å²) < 4.78 is 26.0. The Kier molecular flexibility index (Phi) is 5.07. The molecule has 20 heavy (non-hydrogen) atoms. The van der Waals surface area contributed by atoms with Crippen molar-refractivity contribution in [2.24, 2.45) is 0 Å². The largest absolute Gasteiger partial charge is 0.361 e. The van der Waals surface area contributed by atoms with E-state index in [1.807, 2.05) is 31.3 Å². The molecule has 110 valence electrons. The first-order chi connectivity index (χ1) is 9.52. The Bertz CT molecular complexity index is 680. The van der Waals surface area contributed by atoms with E-state index in [4.69, 9.17) is 11.6 Å². The Balaban J connectivity index is 1.98. The fourth-order valence-electron chi connectivity index (χ4n) is 2.11. The maximum atomic E-state index is 11.7. The molecule has 0 aliphatic heterocycles. The Morgan fingerprint density at radius 3 is 2.90 bits per heavy atom. The van der Waals surface area contributed by atoms with Crippen molar-refractivity contribution in [2.75, 3.05) is 12.3 Å². The van der Waals surface area contributed by atoms with Crippen LogP contribution in [0.3, 0.4) is 0 Å². The maximum absolute atomic E-state index is 11.7. The summed E-state index contributed by atoms with van der Waals surface area (Å²) in [6.45, 7) is 2.39. The number of benzene rings is 1. The average Bonchev–Trinajstić information content (AvgIpc) is 2.79. The van der Waals surface area contributed by atoms with E-state index in [-0.39, 0.29) is 5.75 Å². The van der Waals surface area contributed by atoms with Crippen molar-refractivity contribution in [2.45, 2.75) is 26.2 Å². The molecule has 0 atom stereocenters. The van der Waals surface area contributed by atoms with Crippen molar-refractivity contribution >= 4 is 32.5 Å². The van der Waals surface area contributed by atoms with Crippen LogP contribution >= 0.6 is 11.6 Å². The topological polar surface area (TPSA) is 62.0 Å². The average molecular weight is 315 g/mol. The van der Waals surface area contributed by atoms with Gasteiger partial charge in [-0.1, -0.05) is 24.9 Å². The van der Waals surface area contributed by atoms with Crippen LogP contribution in [0.5, 0.6) is 0 Å². The molecule has 1 aromatic carbocycles. The van der Waals surface area contributed by atoms with Gasteiger partial charge in [-0.2, -0.15) is 0 Å². The van der Waals surface area contributed by atoms with E-state index < -0.39 is 10.0 Å². The molecular weight excluding hydrogens is 296 g/mol. The van der Waals surface area contributed by atoms with E-state index >= 15 is 0 Å². The summed E-state index contributed by atoms with van der Waals surface area (Å²) in [5.41, 5.74) is 2.08. The number of rotatable bonds is 7. The van der Waals surface area contributed by atoms with Gasteiger partial charge in [0.05, 0.1) is 5.75 Å². The van der Waals surface area contributed by atoms with Gasteiger partial charge in [-0.05, 0) is 36.6 Å². The minimum absolute atomic E-state index is 0.198. The molecule has 1 aromatic heterocycles. The quantitative estimate of drug-likeness (QED) is 0.825. The van der Waals surface area contributed by atoms with Crippen molar-refractivity contribution < 1.29 is 8.42 Å². The van der Waals surface area contributed by atoms with Gasteiger partial charge in [0.2, 0.25) is 10.0 Å². The normalized spacial score (nSPS) is 12.1.